The molecule has 0 saturated carbocycles. The Bertz CT molecular complexity index is 558. The zero-order valence-corrected chi connectivity index (χ0v) is 13.6. The fourth-order valence-electron chi connectivity index (χ4n) is 1.76. The van der Waals surface area contributed by atoms with Crippen molar-refractivity contribution < 1.29 is 4.74 Å². The van der Waals surface area contributed by atoms with Gasteiger partial charge in [0.25, 0.3) is 0 Å². The second-order valence-corrected chi connectivity index (χ2v) is 5.88. The first-order chi connectivity index (χ1) is 9.20. The van der Waals surface area contributed by atoms with Crippen molar-refractivity contribution in [3.05, 3.63) is 62.5 Å². The Labute approximate surface area is 130 Å². The third-order valence-corrected chi connectivity index (χ3v) is 4.33. The van der Waals surface area contributed by atoms with Crippen molar-refractivity contribution in [2.24, 2.45) is 5.73 Å². The van der Waals surface area contributed by atoms with Gasteiger partial charge in [-0.1, -0.05) is 50.1 Å². The van der Waals surface area contributed by atoms with Crippen LogP contribution in [0.25, 0.3) is 0 Å². The van der Waals surface area contributed by atoms with E-state index in [0.29, 0.717) is 13.2 Å². The molecule has 0 spiro atoms. The molecule has 4 heteroatoms. The van der Waals surface area contributed by atoms with Crippen LogP contribution in [0.15, 0.2) is 51.4 Å². The van der Waals surface area contributed by atoms with Crippen LogP contribution in [0.2, 0.25) is 0 Å². The highest BCUT2D eigenvalue weighted by molar-refractivity contribution is 9.10. The van der Waals surface area contributed by atoms with Gasteiger partial charge in [0, 0.05) is 14.5 Å². The Balaban J connectivity index is 2.07. The molecule has 0 aliphatic carbocycles. The highest BCUT2D eigenvalue weighted by Crippen LogP contribution is 2.24. The van der Waals surface area contributed by atoms with Crippen LogP contribution in [0.4, 0.5) is 0 Å². The summed E-state index contributed by atoms with van der Waals surface area (Å²) in [6.45, 7) is 1.18. The Morgan fingerprint density at radius 3 is 2.42 bits per heavy atom. The largest absolute Gasteiger partial charge is 0.489 e. The first-order valence-electron chi connectivity index (χ1n) is 6.05. The normalized spacial score (nSPS) is 10.5. The van der Waals surface area contributed by atoms with Crippen molar-refractivity contribution in [1.82, 2.24) is 0 Å². The zero-order chi connectivity index (χ0) is 13.7. The van der Waals surface area contributed by atoms with Crippen LogP contribution in [0.5, 0.6) is 5.75 Å². The van der Waals surface area contributed by atoms with Crippen LogP contribution in [-0.2, 0) is 13.0 Å². The summed E-state index contributed by atoms with van der Waals surface area (Å²) in [7, 11) is 0. The van der Waals surface area contributed by atoms with Gasteiger partial charge in [-0.25, -0.2) is 0 Å². The van der Waals surface area contributed by atoms with Gasteiger partial charge in [0.05, 0.1) is 0 Å². The molecule has 2 aromatic rings. The molecule has 0 aromatic heterocycles. The molecule has 2 N–H and O–H groups in total. The molecule has 0 aliphatic heterocycles. The van der Waals surface area contributed by atoms with Crippen LogP contribution in [-0.4, -0.2) is 6.54 Å². The Hall–Kier alpha value is -0.840. The van der Waals surface area contributed by atoms with Crippen molar-refractivity contribution in [2.75, 3.05) is 6.54 Å². The Morgan fingerprint density at radius 1 is 0.947 bits per heavy atom. The minimum atomic E-state index is 0.547. The van der Waals surface area contributed by atoms with Gasteiger partial charge < -0.3 is 10.5 Å². The number of halogens is 2. The quantitative estimate of drug-likeness (QED) is 0.834. The van der Waals surface area contributed by atoms with Crippen LogP contribution in [0.1, 0.15) is 11.1 Å². The van der Waals surface area contributed by atoms with Gasteiger partial charge in [-0.15, -0.1) is 0 Å². The molecule has 2 aromatic carbocycles. The van der Waals surface area contributed by atoms with E-state index in [1.807, 2.05) is 42.5 Å². The first-order valence-corrected chi connectivity index (χ1v) is 7.64. The van der Waals surface area contributed by atoms with E-state index in [0.717, 1.165) is 26.7 Å². The van der Waals surface area contributed by atoms with Crippen LogP contribution >= 0.6 is 31.9 Å². The van der Waals surface area contributed by atoms with E-state index in [2.05, 4.69) is 31.9 Å². The van der Waals surface area contributed by atoms with E-state index in [4.69, 9.17) is 10.5 Å². The van der Waals surface area contributed by atoms with E-state index in [-0.39, 0.29) is 0 Å². The van der Waals surface area contributed by atoms with Gasteiger partial charge in [-0.3, -0.25) is 0 Å². The van der Waals surface area contributed by atoms with Gasteiger partial charge in [0.2, 0.25) is 0 Å². The fraction of sp³-hybridized carbons (Fsp3) is 0.200. The maximum Gasteiger partial charge on any atom is 0.120 e. The monoisotopic (exact) mass is 383 g/mol. The molecule has 0 radical (unpaired) electrons. The summed E-state index contributed by atoms with van der Waals surface area (Å²) < 4.78 is 7.96. The SMILES string of the molecule is NCCc1cc(OCc2ccccc2Br)ccc1Br. The summed E-state index contributed by atoms with van der Waals surface area (Å²) in [5.74, 6) is 0.863. The minimum Gasteiger partial charge on any atom is -0.489 e. The van der Waals surface area contributed by atoms with E-state index in [9.17, 15) is 0 Å². The standard InChI is InChI=1S/C15H15Br2NO/c16-14-4-2-1-3-12(14)10-19-13-5-6-15(17)11(9-13)7-8-18/h1-6,9H,7-8,10,18H2. The molecule has 0 saturated heterocycles. The highest BCUT2D eigenvalue weighted by atomic mass is 79.9. The second-order valence-electron chi connectivity index (χ2n) is 4.17. The third kappa shape index (κ3) is 4.06. The molecule has 0 heterocycles. The highest BCUT2D eigenvalue weighted by Gasteiger charge is 2.04. The number of rotatable bonds is 5. The molecular formula is C15H15Br2NO. The Kier molecular flexibility index (Phi) is 5.43. The lowest BCUT2D eigenvalue weighted by molar-refractivity contribution is 0.305. The van der Waals surface area contributed by atoms with E-state index < -0.39 is 0 Å². The predicted molar refractivity (Wildman–Crippen MR) is 85.4 cm³/mol. The average Bonchev–Trinajstić information content (AvgIpc) is 2.41. The summed E-state index contributed by atoms with van der Waals surface area (Å²) >= 11 is 7.04. The number of nitrogens with two attached hydrogens (primary N) is 1. The Morgan fingerprint density at radius 2 is 1.68 bits per heavy atom. The van der Waals surface area contributed by atoms with Crippen molar-refractivity contribution in [2.45, 2.75) is 13.0 Å². The first kappa shape index (κ1) is 14.6. The van der Waals surface area contributed by atoms with Gasteiger partial charge in [0.15, 0.2) is 0 Å². The second kappa shape index (κ2) is 7.08. The van der Waals surface area contributed by atoms with Gasteiger partial charge in [-0.05, 0) is 42.8 Å². The van der Waals surface area contributed by atoms with Crippen molar-refractivity contribution >= 4 is 31.9 Å². The predicted octanol–water partition coefficient (Wildman–Crippen LogP) is 4.29. The van der Waals surface area contributed by atoms with Crippen molar-refractivity contribution in [1.29, 1.82) is 0 Å². The number of hydrogen-bond donors (Lipinski definition) is 1. The van der Waals surface area contributed by atoms with Gasteiger partial charge >= 0.3 is 0 Å². The molecule has 19 heavy (non-hydrogen) atoms. The molecular weight excluding hydrogens is 370 g/mol. The molecule has 0 bridgehead atoms. The fourth-order valence-corrected chi connectivity index (χ4v) is 2.61. The zero-order valence-electron chi connectivity index (χ0n) is 10.4. The molecule has 0 aliphatic rings. The lowest BCUT2D eigenvalue weighted by Gasteiger charge is -2.10. The average molecular weight is 385 g/mol. The maximum atomic E-state index is 5.82. The van der Waals surface area contributed by atoms with Gasteiger partial charge in [0.1, 0.15) is 12.4 Å². The summed E-state index contributed by atoms with van der Waals surface area (Å²) in [6.07, 6.45) is 0.840. The number of ether oxygens (including phenoxy) is 1. The molecule has 2 nitrogen and oxygen atoms in total. The third-order valence-electron chi connectivity index (χ3n) is 2.78. The summed E-state index contributed by atoms with van der Waals surface area (Å²) in [5.41, 5.74) is 7.90. The van der Waals surface area contributed by atoms with Crippen LogP contribution < -0.4 is 10.5 Å². The lowest BCUT2D eigenvalue weighted by Crippen LogP contribution is -2.04. The molecule has 0 atom stereocenters. The van der Waals surface area contributed by atoms with Gasteiger partial charge in [-0.2, -0.15) is 0 Å². The van der Waals surface area contributed by atoms with Crippen LogP contribution in [0, 0.1) is 0 Å². The van der Waals surface area contributed by atoms with E-state index in [1.165, 1.54) is 5.56 Å². The number of hydrogen-bond acceptors (Lipinski definition) is 2. The van der Waals surface area contributed by atoms with Crippen molar-refractivity contribution in [3.63, 3.8) is 0 Å². The molecule has 0 fully saturated rings. The lowest BCUT2D eigenvalue weighted by atomic mass is 10.1. The van der Waals surface area contributed by atoms with E-state index >= 15 is 0 Å². The van der Waals surface area contributed by atoms with E-state index in [1.54, 1.807) is 0 Å². The topological polar surface area (TPSA) is 35.2 Å². The maximum absolute atomic E-state index is 5.82. The molecule has 100 valence electrons. The summed E-state index contributed by atoms with van der Waals surface area (Å²) in [5, 5.41) is 0. The number of benzene rings is 2. The molecule has 0 unspecified atom stereocenters. The minimum absolute atomic E-state index is 0.547. The van der Waals surface area contributed by atoms with Crippen molar-refractivity contribution in [3.8, 4) is 5.75 Å². The smallest absolute Gasteiger partial charge is 0.120 e. The summed E-state index contributed by atoms with van der Waals surface area (Å²) in [6, 6.07) is 14.1. The summed E-state index contributed by atoms with van der Waals surface area (Å²) in [4.78, 5) is 0. The molecule has 0 amide bonds. The van der Waals surface area contributed by atoms with Crippen LogP contribution in [0.3, 0.4) is 0 Å². The molecule has 2 rings (SSSR count).